The summed E-state index contributed by atoms with van der Waals surface area (Å²) < 4.78 is 13.6. The van der Waals surface area contributed by atoms with E-state index in [-0.39, 0.29) is 24.2 Å². The van der Waals surface area contributed by atoms with E-state index in [1.54, 1.807) is 6.07 Å². The van der Waals surface area contributed by atoms with Gasteiger partial charge in [-0.05, 0) is 73.7 Å². The number of hydrogen-bond donors (Lipinski definition) is 3. The average Bonchev–Trinajstić information content (AvgIpc) is 3.47. The van der Waals surface area contributed by atoms with Crippen LogP contribution in [0.2, 0.25) is 0 Å². The summed E-state index contributed by atoms with van der Waals surface area (Å²) in [5.74, 6) is 1.21. The fourth-order valence-corrected chi connectivity index (χ4v) is 6.36. The van der Waals surface area contributed by atoms with Crippen molar-refractivity contribution in [1.82, 2.24) is 20.0 Å². The Balaban J connectivity index is 0.918. The topological polar surface area (TPSA) is 118 Å². The minimum atomic E-state index is -0.274. The molecule has 2 heterocycles. The predicted molar refractivity (Wildman–Crippen MR) is 172 cm³/mol. The molecule has 3 aliphatic rings. The summed E-state index contributed by atoms with van der Waals surface area (Å²) >= 11 is 0. The van der Waals surface area contributed by atoms with Gasteiger partial charge in [-0.1, -0.05) is 43.2 Å². The third-order valence-electron chi connectivity index (χ3n) is 9.05. The quantitative estimate of drug-likeness (QED) is 0.160. The number of nitrogens with zero attached hydrogens (tertiary/aromatic N) is 3. The lowest BCUT2D eigenvalue weighted by Gasteiger charge is -2.29. The van der Waals surface area contributed by atoms with Gasteiger partial charge >= 0.3 is 0 Å². The molecule has 1 aromatic heterocycles. The SMILES string of the molecule is O=C1COc2c(CCNCCN(C(=O)CCOCCc3cccc(-c4cnn(CC5CC5)c4)c3)C3CCCC3)ccc(O)c2N1. The average molecular weight is 616 g/mol. The molecule has 240 valence electrons. The number of fused-ring (bicyclic) bond motifs is 1. The highest BCUT2D eigenvalue weighted by atomic mass is 16.5. The number of nitrogens with one attached hydrogen (secondary N) is 2. The summed E-state index contributed by atoms with van der Waals surface area (Å²) in [4.78, 5) is 27.0. The smallest absolute Gasteiger partial charge is 0.262 e. The Kier molecular flexibility index (Phi) is 10.3. The van der Waals surface area contributed by atoms with Crippen LogP contribution in [0, 0.1) is 5.92 Å². The Bertz CT molecular complexity index is 1460. The van der Waals surface area contributed by atoms with Crippen molar-refractivity contribution in [2.75, 3.05) is 44.8 Å². The van der Waals surface area contributed by atoms with E-state index < -0.39 is 0 Å². The zero-order valence-corrected chi connectivity index (χ0v) is 26.0. The number of hydrogen-bond acceptors (Lipinski definition) is 7. The summed E-state index contributed by atoms with van der Waals surface area (Å²) in [5.41, 5.74) is 4.80. The molecule has 45 heavy (non-hydrogen) atoms. The first-order valence-electron chi connectivity index (χ1n) is 16.5. The van der Waals surface area contributed by atoms with E-state index >= 15 is 0 Å². The maximum Gasteiger partial charge on any atom is 0.262 e. The van der Waals surface area contributed by atoms with Crippen molar-refractivity contribution < 1.29 is 24.2 Å². The highest BCUT2D eigenvalue weighted by Crippen LogP contribution is 2.39. The van der Waals surface area contributed by atoms with E-state index in [4.69, 9.17) is 9.47 Å². The highest BCUT2D eigenvalue weighted by molar-refractivity contribution is 5.97. The first-order valence-corrected chi connectivity index (χ1v) is 16.5. The van der Waals surface area contributed by atoms with E-state index in [2.05, 4.69) is 55.8 Å². The summed E-state index contributed by atoms with van der Waals surface area (Å²) in [7, 11) is 0. The number of benzene rings is 2. The summed E-state index contributed by atoms with van der Waals surface area (Å²) in [5, 5.41) is 20.8. The van der Waals surface area contributed by atoms with Crippen molar-refractivity contribution in [3.05, 3.63) is 59.9 Å². The minimum Gasteiger partial charge on any atom is -0.506 e. The van der Waals surface area contributed by atoms with Crippen LogP contribution in [-0.2, 0) is 33.7 Å². The van der Waals surface area contributed by atoms with Gasteiger partial charge < -0.3 is 30.1 Å². The predicted octanol–water partition coefficient (Wildman–Crippen LogP) is 4.55. The third-order valence-corrected chi connectivity index (χ3v) is 9.05. The molecule has 0 radical (unpaired) electrons. The molecule has 3 aromatic rings. The van der Waals surface area contributed by atoms with Crippen LogP contribution in [0.5, 0.6) is 11.5 Å². The van der Waals surface area contributed by atoms with Crippen molar-refractivity contribution in [1.29, 1.82) is 0 Å². The molecule has 0 atom stereocenters. The number of aromatic hydroxyl groups is 1. The van der Waals surface area contributed by atoms with Gasteiger partial charge in [0, 0.05) is 37.4 Å². The molecule has 10 nitrogen and oxygen atoms in total. The number of aromatic nitrogens is 2. The van der Waals surface area contributed by atoms with Gasteiger partial charge in [0.1, 0.15) is 11.4 Å². The van der Waals surface area contributed by atoms with E-state index in [0.29, 0.717) is 63.2 Å². The number of ether oxygens (including phenoxy) is 2. The number of rotatable bonds is 16. The van der Waals surface area contributed by atoms with Crippen molar-refractivity contribution in [2.24, 2.45) is 5.92 Å². The molecule has 10 heteroatoms. The Morgan fingerprint density at radius 1 is 1.09 bits per heavy atom. The Morgan fingerprint density at radius 2 is 1.96 bits per heavy atom. The van der Waals surface area contributed by atoms with Gasteiger partial charge in [-0.3, -0.25) is 14.3 Å². The lowest BCUT2D eigenvalue weighted by molar-refractivity contribution is -0.134. The monoisotopic (exact) mass is 615 g/mol. The second-order valence-corrected chi connectivity index (χ2v) is 12.5. The van der Waals surface area contributed by atoms with E-state index in [9.17, 15) is 14.7 Å². The largest absolute Gasteiger partial charge is 0.506 e. The molecule has 3 N–H and O–H groups in total. The maximum atomic E-state index is 13.3. The van der Waals surface area contributed by atoms with Crippen LogP contribution in [0.25, 0.3) is 11.1 Å². The van der Waals surface area contributed by atoms with Crippen molar-refractivity contribution >= 4 is 17.5 Å². The van der Waals surface area contributed by atoms with Crippen LogP contribution in [0.3, 0.4) is 0 Å². The van der Waals surface area contributed by atoms with Gasteiger partial charge in [0.15, 0.2) is 12.4 Å². The van der Waals surface area contributed by atoms with Crippen LogP contribution < -0.4 is 15.4 Å². The van der Waals surface area contributed by atoms with Crippen molar-refractivity contribution in [3.8, 4) is 22.6 Å². The second kappa shape index (κ2) is 14.9. The van der Waals surface area contributed by atoms with Crippen molar-refractivity contribution in [2.45, 2.75) is 70.4 Å². The summed E-state index contributed by atoms with van der Waals surface area (Å²) in [6, 6.07) is 12.3. The third kappa shape index (κ3) is 8.43. The second-order valence-electron chi connectivity index (χ2n) is 12.5. The molecule has 1 aliphatic heterocycles. The van der Waals surface area contributed by atoms with Gasteiger partial charge in [-0.25, -0.2) is 0 Å². The Hall–Kier alpha value is -3.89. The van der Waals surface area contributed by atoms with E-state index in [0.717, 1.165) is 42.9 Å². The van der Waals surface area contributed by atoms with Gasteiger partial charge in [-0.15, -0.1) is 0 Å². The van der Waals surface area contributed by atoms with Crippen LogP contribution in [0.15, 0.2) is 48.8 Å². The fourth-order valence-electron chi connectivity index (χ4n) is 6.36. The number of amides is 2. The zero-order chi connectivity index (χ0) is 31.0. The highest BCUT2D eigenvalue weighted by Gasteiger charge is 2.26. The molecule has 2 fully saturated rings. The molecule has 2 saturated carbocycles. The lowest BCUT2D eigenvalue weighted by Crippen LogP contribution is -2.43. The van der Waals surface area contributed by atoms with E-state index in [1.807, 2.05) is 12.3 Å². The number of anilines is 1. The number of phenols is 1. The molecule has 2 amide bonds. The van der Waals surface area contributed by atoms with Gasteiger partial charge in [0.25, 0.3) is 5.91 Å². The molecule has 6 rings (SSSR count). The summed E-state index contributed by atoms with van der Waals surface area (Å²) in [6.45, 7) is 4.00. The summed E-state index contributed by atoms with van der Waals surface area (Å²) in [6.07, 6.45) is 13.1. The Labute approximate surface area is 265 Å². The fraction of sp³-hybridized carbons (Fsp3) is 0.514. The first kappa shape index (κ1) is 31.1. The molecule has 0 spiro atoms. The molecular formula is C35H45N5O5. The molecule has 0 unspecified atom stereocenters. The van der Waals surface area contributed by atoms with Gasteiger partial charge in [0.2, 0.25) is 5.91 Å². The molecule has 2 aliphatic carbocycles. The maximum absolute atomic E-state index is 13.3. The van der Waals surface area contributed by atoms with Crippen LogP contribution in [0.1, 0.15) is 56.1 Å². The zero-order valence-electron chi connectivity index (χ0n) is 26.0. The number of carbonyl (C=O) groups is 2. The van der Waals surface area contributed by atoms with Gasteiger partial charge in [0.05, 0.1) is 25.8 Å². The Morgan fingerprint density at radius 3 is 2.80 bits per heavy atom. The first-order chi connectivity index (χ1) is 22.0. The molecule has 0 saturated heterocycles. The van der Waals surface area contributed by atoms with Crippen LogP contribution in [0.4, 0.5) is 5.69 Å². The van der Waals surface area contributed by atoms with Crippen LogP contribution in [-0.4, -0.2) is 77.1 Å². The minimum absolute atomic E-state index is 0.00158. The van der Waals surface area contributed by atoms with Gasteiger partial charge in [-0.2, -0.15) is 5.10 Å². The number of carbonyl (C=O) groups excluding carboxylic acids is 2. The van der Waals surface area contributed by atoms with E-state index in [1.165, 1.54) is 36.8 Å². The lowest BCUT2D eigenvalue weighted by atomic mass is 10.0. The normalized spacial score (nSPS) is 16.3. The van der Waals surface area contributed by atoms with Crippen molar-refractivity contribution in [3.63, 3.8) is 0 Å². The number of phenolic OH excluding ortho intramolecular Hbond substituents is 1. The molecule has 2 aromatic carbocycles. The van der Waals surface area contributed by atoms with Crippen LogP contribution >= 0.6 is 0 Å². The molecule has 0 bridgehead atoms. The molecular weight excluding hydrogens is 570 g/mol. The standard InChI is InChI=1S/C35H45N5O5/c41-31-11-10-27(35-34(31)38-32(42)24-45-35)12-15-36-16-17-40(30-6-1-2-7-30)33(43)14-19-44-18-13-25-4-3-5-28(20-25)29-21-37-39(23-29)22-26-8-9-26/h3-5,10-11,20-21,23,26,30,36,41H,1-2,6-9,12-19,22,24H2,(H,38,42).